The van der Waals surface area contributed by atoms with Crippen molar-refractivity contribution in [2.24, 2.45) is 11.8 Å². The molecule has 3 atom stereocenters. The highest BCUT2D eigenvalue weighted by molar-refractivity contribution is 7.92. The quantitative estimate of drug-likeness (QED) is 0.799. The summed E-state index contributed by atoms with van der Waals surface area (Å²) in [4.78, 5) is 10.8. The standard InChI is InChI=1S/C10H18O4S/c1-3-15(13,14)8-4-5-9(10(11)12)7(2)6-8/h7-9H,3-6H2,1-2H3,(H,11,12). The summed E-state index contributed by atoms with van der Waals surface area (Å²) in [6.45, 7) is 3.47. The third kappa shape index (κ3) is 2.71. The Morgan fingerprint density at radius 2 is 2.00 bits per heavy atom. The van der Waals surface area contributed by atoms with Gasteiger partial charge in [-0.05, 0) is 25.2 Å². The Labute approximate surface area is 90.6 Å². The molecule has 0 saturated heterocycles. The summed E-state index contributed by atoms with van der Waals surface area (Å²) in [5, 5.41) is 8.58. The van der Waals surface area contributed by atoms with Crippen LogP contribution >= 0.6 is 0 Å². The molecule has 15 heavy (non-hydrogen) atoms. The van der Waals surface area contributed by atoms with E-state index in [1.807, 2.05) is 6.92 Å². The number of carboxylic acids is 1. The first kappa shape index (κ1) is 12.5. The summed E-state index contributed by atoms with van der Waals surface area (Å²) in [5.41, 5.74) is 0. The minimum atomic E-state index is -3.00. The zero-order valence-corrected chi connectivity index (χ0v) is 9.96. The Balaban J connectivity index is 2.70. The molecular weight excluding hydrogens is 216 g/mol. The molecule has 1 N–H and O–H groups in total. The van der Waals surface area contributed by atoms with Gasteiger partial charge in [0.25, 0.3) is 0 Å². The van der Waals surface area contributed by atoms with Gasteiger partial charge in [-0.25, -0.2) is 8.42 Å². The van der Waals surface area contributed by atoms with Crippen molar-refractivity contribution in [3.05, 3.63) is 0 Å². The molecule has 0 amide bonds. The summed E-state index contributed by atoms with van der Waals surface area (Å²) in [6.07, 6.45) is 1.48. The maximum absolute atomic E-state index is 11.6. The van der Waals surface area contributed by atoms with Crippen molar-refractivity contribution in [3.63, 3.8) is 0 Å². The van der Waals surface area contributed by atoms with Crippen LogP contribution in [0.5, 0.6) is 0 Å². The molecule has 0 bridgehead atoms. The fourth-order valence-electron chi connectivity index (χ4n) is 2.28. The van der Waals surface area contributed by atoms with Crippen molar-refractivity contribution in [1.29, 1.82) is 0 Å². The lowest BCUT2D eigenvalue weighted by Crippen LogP contribution is -2.35. The van der Waals surface area contributed by atoms with E-state index in [9.17, 15) is 13.2 Å². The average Bonchev–Trinajstić information content (AvgIpc) is 2.17. The van der Waals surface area contributed by atoms with Crippen LogP contribution < -0.4 is 0 Å². The van der Waals surface area contributed by atoms with Gasteiger partial charge >= 0.3 is 5.97 Å². The second-order valence-corrected chi connectivity index (χ2v) is 6.88. The molecule has 0 aromatic carbocycles. The number of aliphatic carboxylic acids is 1. The van der Waals surface area contributed by atoms with Gasteiger partial charge in [0.2, 0.25) is 0 Å². The number of rotatable bonds is 3. The second kappa shape index (κ2) is 4.51. The lowest BCUT2D eigenvalue weighted by Gasteiger charge is -2.31. The molecule has 0 radical (unpaired) electrons. The first-order chi connectivity index (χ1) is 6.88. The van der Waals surface area contributed by atoms with Gasteiger partial charge in [0.15, 0.2) is 9.84 Å². The van der Waals surface area contributed by atoms with E-state index in [1.165, 1.54) is 0 Å². The number of hydrogen-bond acceptors (Lipinski definition) is 3. The van der Waals surface area contributed by atoms with E-state index in [2.05, 4.69) is 0 Å². The van der Waals surface area contributed by atoms with Gasteiger partial charge in [0.05, 0.1) is 11.2 Å². The summed E-state index contributed by atoms with van der Waals surface area (Å²) < 4.78 is 23.3. The van der Waals surface area contributed by atoms with Gasteiger partial charge in [-0.2, -0.15) is 0 Å². The number of carboxylic acid groups (broad SMARTS) is 1. The fourth-order valence-corrected chi connectivity index (χ4v) is 3.84. The minimum absolute atomic E-state index is 0.0393. The van der Waals surface area contributed by atoms with E-state index in [-0.39, 0.29) is 22.8 Å². The van der Waals surface area contributed by atoms with Crippen molar-refractivity contribution in [1.82, 2.24) is 0 Å². The molecule has 1 aliphatic carbocycles. The molecule has 0 aromatic heterocycles. The topological polar surface area (TPSA) is 71.4 Å². The maximum atomic E-state index is 11.6. The van der Waals surface area contributed by atoms with Crippen molar-refractivity contribution in [2.75, 3.05) is 5.75 Å². The Morgan fingerprint density at radius 1 is 1.40 bits per heavy atom. The third-order valence-electron chi connectivity index (χ3n) is 3.35. The predicted octanol–water partition coefficient (Wildman–Crippen LogP) is 1.31. The van der Waals surface area contributed by atoms with E-state index < -0.39 is 15.8 Å². The van der Waals surface area contributed by atoms with Gasteiger partial charge in [-0.3, -0.25) is 4.79 Å². The number of sulfone groups is 1. The van der Waals surface area contributed by atoms with Crippen LogP contribution in [0.1, 0.15) is 33.1 Å². The summed E-state index contributed by atoms with van der Waals surface area (Å²) >= 11 is 0. The summed E-state index contributed by atoms with van der Waals surface area (Å²) in [7, 11) is -3.00. The molecule has 4 nitrogen and oxygen atoms in total. The minimum Gasteiger partial charge on any atom is -0.481 e. The van der Waals surface area contributed by atoms with E-state index in [4.69, 9.17) is 5.11 Å². The molecule has 88 valence electrons. The van der Waals surface area contributed by atoms with Gasteiger partial charge in [-0.15, -0.1) is 0 Å². The highest BCUT2D eigenvalue weighted by Gasteiger charge is 2.36. The highest BCUT2D eigenvalue weighted by atomic mass is 32.2. The first-order valence-electron chi connectivity index (χ1n) is 5.32. The van der Waals surface area contributed by atoms with Crippen molar-refractivity contribution >= 4 is 15.8 Å². The molecule has 0 spiro atoms. The van der Waals surface area contributed by atoms with E-state index >= 15 is 0 Å². The Hall–Kier alpha value is -0.580. The lowest BCUT2D eigenvalue weighted by atomic mass is 9.80. The van der Waals surface area contributed by atoms with Gasteiger partial charge in [0.1, 0.15) is 0 Å². The van der Waals surface area contributed by atoms with Crippen LogP contribution in [0.2, 0.25) is 0 Å². The van der Waals surface area contributed by atoms with E-state index in [0.29, 0.717) is 19.3 Å². The van der Waals surface area contributed by atoms with Crippen LogP contribution in [0.3, 0.4) is 0 Å². The molecule has 5 heteroatoms. The van der Waals surface area contributed by atoms with Crippen LogP contribution in [0.25, 0.3) is 0 Å². The summed E-state index contributed by atoms with van der Waals surface area (Å²) in [6, 6.07) is 0. The van der Waals surface area contributed by atoms with Crippen LogP contribution in [-0.2, 0) is 14.6 Å². The van der Waals surface area contributed by atoms with Crippen molar-refractivity contribution < 1.29 is 18.3 Å². The average molecular weight is 234 g/mol. The molecule has 1 fully saturated rings. The van der Waals surface area contributed by atoms with Crippen molar-refractivity contribution in [2.45, 2.75) is 38.4 Å². The van der Waals surface area contributed by atoms with Crippen LogP contribution in [0, 0.1) is 11.8 Å². The zero-order valence-electron chi connectivity index (χ0n) is 9.14. The Morgan fingerprint density at radius 3 is 2.40 bits per heavy atom. The largest absolute Gasteiger partial charge is 0.481 e. The van der Waals surface area contributed by atoms with Crippen LogP contribution in [-0.4, -0.2) is 30.5 Å². The molecule has 3 unspecified atom stereocenters. The van der Waals surface area contributed by atoms with Crippen LogP contribution in [0.4, 0.5) is 0 Å². The third-order valence-corrected chi connectivity index (χ3v) is 5.60. The van der Waals surface area contributed by atoms with Gasteiger partial charge in [0, 0.05) is 5.75 Å². The molecule has 1 aliphatic rings. The normalized spacial score (nSPS) is 32.5. The first-order valence-corrected chi connectivity index (χ1v) is 7.04. The highest BCUT2D eigenvalue weighted by Crippen LogP contribution is 2.33. The van der Waals surface area contributed by atoms with Gasteiger partial charge in [-0.1, -0.05) is 13.8 Å². The predicted molar refractivity (Wildman–Crippen MR) is 57.4 cm³/mol. The number of hydrogen-bond donors (Lipinski definition) is 1. The molecule has 1 saturated carbocycles. The smallest absolute Gasteiger partial charge is 0.306 e. The molecular formula is C10H18O4S. The van der Waals surface area contributed by atoms with E-state index in [0.717, 1.165) is 0 Å². The molecule has 0 aliphatic heterocycles. The van der Waals surface area contributed by atoms with E-state index in [1.54, 1.807) is 6.92 Å². The second-order valence-electron chi connectivity index (χ2n) is 4.31. The Kier molecular flexibility index (Phi) is 3.76. The fraction of sp³-hybridized carbons (Fsp3) is 0.900. The molecule has 0 aromatic rings. The van der Waals surface area contributed by atoms with Gasteiger partial charge < -0.3 is 5.11 Å². The van der Waals surface area contributed by atoms with Crippen molar-refractivity contribution in [3.8, 4) is 0 Å². The maximum Gasteiger partial charge on any atom is 0.306 e. The Bertz CT molecular complexity index is 333. The molecule has 0 heterocycles. The zero-order chi connectivity index (χ0) is 11.6. The van der Waals surface area contributed by atoms with Crippen LogP contribution in [0.15, 0.2) is 0 Å². The number of carbonyl (C=O) groups is 1. The molecule has 1 rings (SSSR count). The lowest BCUT2D eigenvalue weighted by molar-refractivity contribution is -0.144. The summed E-state index contributed by atoms with van der Waals surface area (Å²) in [5.74, 6) is -1.05. The monoisotopic (exact) mass is 234 g/mol. The SMILES string of the molecule is CCS(=O)(=O)C1CCC(C(=O)O)C(C)C1.